The molecule has 0 saturated heterocycles. The van der Waals surface area contributed by atoms with E-state index in [1.165, 1.54) is 0 Å². The largest absolute Gasteiger partial charge is 0.387 e. The number of aryl methyl sites for hydroxylation is 1. The summed E-state index contributed by atoms with van der Waals surface area (Å²) >= 11 is 0. The maximum Gasteiger partial charge on any atom is 0.270 e. The van der Waals surface area contributed by atoms with E-state index in [1.54, 1.807) is 25.5 Å². The van der Waals surface area contributed by atoms with Gasteiger partial charge in [0, 0.05) is 13.2 Å². The van der Waals surface area contributed by atoms with Gasteiger partial charge in [-0.3, -0.25) is 9.78 Å². The molecule has 1 amide bonds. The van der Waals surface area contributed by atoms with Crippen molar-refractivity contribution in [2.75, 3.05) is 12.4 Å². The molecule has 2 heterocycles. The fraction of sp³-hybridized carbons (Fsp3) is 0.214. The van der Waals surface area contributed by atoms with E-state index in [1.807, 2.05) is 25.1 Å². The highest BCUT2D eigenvalue weighted by atomic mass is 16.1. The first kappa shape index (κ1) is 13.0. The van der Waals surface area contributed by atoms with Crippen molar-refractivity contribution in [1.82, 2.24) is 15.3 Å². The predicted octanol–water partition coefficient (Wildman–Crippen LogP) is 1.76. The first-order valence-corrected chi connectivity index (χ1v) is 6.03. The average Bonchev–Trinajstić information content (AvgIpc) is 2.46. The second-order valence-electron chi connectivity index (χ2n) is 4.13. The summed E-state index contributed by atoms with van der Waals surface area (Å²) in [4.78, 5) is 20.2. The predicted molar refractivity (Wildman–Crippen MR) is 73.9 cm³/mol. The van der Waals surface area contributed by atoms with Crippen LogP contribution >= 0.6 is 0 Å². The van der Waals surface area contributed by atoms with E-state index in [2.05, 4.69) is 20.6 Å². The van der Waals surface area contributed by atoms with Gasteiger partial charge < -0.3 is 10.6 Å². The third kappa shape index (κ3) is 3.28. The Kier molecular flexibility index (Phi) is 4.07. The van der Waals surface area contributed by atoms with Crippen LogP contribution in [0.25, 0.3) is 0 Å². The number of carbonyl (C=O) groups is 1. The molecule has 98 valence electrons. The van der Waals surface area contributed by atoms with Gasteiger partial charge in [-0.25, -0.2) is 4.98 Å². The summed E-state index contributed by atoms with van der Waals surface area (Å²) in [6.07, 6.45) is 3.34. The van der Waals surface area contributed by atoms with Gasteiger partial charge in [-0.15, -0.1) is 0 Å². The molecule has 0 atom stereocenters. The molecule has 5 heteroatoms. The first-order chi connectivity index (χ1) is 9.20. The molecule has 5 nitrogen and oxygen atoms in total. The SMILES string of the molecule is CNc1ccc(C(=O)NCc2ncccc2C)nc1. The summed E-state index contributed by atoms with van der Waals surface area (Å²) in [7, 11) is 1.81. The van der Waals surface area contributed by atoms with Gasteiger partial charge in [-0.2, -0.15) is 0 Å². The number of pyridine rings is 2. The lowest BCUT2D eigenvalue weighted by Gasteiger charge is -2.07. The normalized spacial score (nSPS) is 10.0. The van der Waals surface area contributed by atoms with Crippen molar-refractivity contribution >= 4 is 11.6 Å². The molecule has 0 saturated carbocycles. The molecule has 0 radical (unpaired) electrons. The second-order valence-corrected chi connectivity index (χ2v) is 4.13. The highest BCUT2D eigenvalue weighted by Crippen LogP contribution is 2.06. The molecule has 2 N–H and O–H groups in total. The summed E-state index contributed by atoms with van der Waals surface area (Å²) in [6.45, 7) is 2.37. The van der Waals surface area contributed by atoms with Crippen molar-refractivity contribution in [2.45, 2.75) is 13.5 Å². The molecule has 0 bridgehead atoms. The van der Waals surface area contributed by atoms with E-state index >= 15 is 0 Å². The highest BCUT2D eigenvalue weighted by Gasteiger charge is 2.07. The van der Waals surface area contributed by atoms with Gasteiger partial charge in [0.2, 0.25) is 0 Å². The van der Waals surface area contributed by atoms with Crippen LogP contribution in [0, 0.1) is 6.92 Å². The van der Waals surface area contributed by atoms with Gasteiger partial charge in [0.15, 0.2) is 0 Å². The first-order valence-electron chi connectivity index (χ1n) is 6.03. The van der Waals surface area contributed by atoms with E-state index in [9.17, 15) is 4.79 Å². The molecule has 19 heavy (non-hydrogen) atoms. The lowest BCUT2D eigenvalue weighted by atomic mass is 10.2. The zero-order valence-electron chi connectivity index (χ0n) is 11.0. The number of hydrogen-bond donors (Lipinski definition) is 2. The Morgan fingerprint density at radius 2 is 2.11 bits per heavy atom. The van der Waals surface area contributed by atoms with Gasteiger partial charge in [0.05, 0.1) is 24.1 Å². The summed E-state index contributed by atoms with van der Waals surface area (Å²) in [5.74, 6) is -0.201. The summed E-state index contributed by atoms with van der Waals surface area (Å²) in [6, 6.07) is 7.34. The Labute approximate surface area is 112 Å². The Bertz CT molecular complexity index is 566. The minimum atomic E-state index is -0.201. The fourth-order valence-electron chi connectivity index (χ4n) is 1.63. The monoisotopic (exact) mass is 256 g/mol. The van der Waals surface area contributed by atoms with E-state index in [0.717, 1.165) is 16.9 Å². The van der Waals surface area contributed by atoms with Crippen molar-refractivity contribution in [3.05, 3.63) is 53.6 Å². The molecule has 2 rings (SSSR count). The van der Waals surface area contributed by atoms with E-state index < -0.39 is 0 Å². The number of nitrogens with one attached hydrogen (secondary N) is 2. The molecular formula is C14H16N4O. The molecule has 0 aromatic carbocycles. The van der Waals surface area contributed by atoms with Crippen molar-refractivity contribution in [3.8, 4) is 0 Å². The van der Waals surface area contributed by atoms with Crippen molar-refractivity contribution in [1.29, 1.82) is 0 Å². The van der Waals surface area contributed by atoms with Crippen LogP contribution < -0.4 is 10.6 Å². The van der Waals surface area contributed by atoms with Gasteiger partial charge >= 0.3 is 0 Å². The van der Waals surface area contributed by atoms with Crippen molar-refractivity contribution in [3.63, 3.8) is 0 Å². The van der Waals surface area contributed by atoms with Crippen LogP contribution in [0.4, 0.5) is 5.69 Å². The van der Waals surface area contributed by atoms with E-state index in [-0.39, 0.29) is 5.91 Å². The molecule has 0 aliphatic carbocycles. The summed E-state index contributed by atoms with van der Waals surface area (Å²) in [5.41, 5.74) is 3.19. The zero-order valence-corrected chi connectivity index (χ0v) is 11.0. The van der Waals surface area contributed by atoms with E-state index in [4.69, 9.17) is 0 Å². The molecule has 2 aromatic heterocycles. The standard InChI is InChI=1S/C14H16N4O/c1-10-4-3-7-16-13(10)9-18-14(19)12-6-5-11(15-2)8-17-12/h3-8,15H,9H2,1-2H3,(H,18,19). The number of carbonyl (C=O) groups excluding carboxylic acids is 1. The van der Waals surface area contributed by atoms with Crippen LogP contribution in [0.3, 0.4) is 0 Å². The number of rotatable bonds is 4. The van der Waals surface area contributed by atoms with Gasteiger partial charge in [0.25, 0.3) is 5.91 Å². The van der Waals surface area contributed by atoms with Crippen LogP contribution in [0.15, 0.2) is 36.7 Å². The Balaban J connectivity index is 1.99. The Morgan fingerprint density at radius 1 is 1.26 bits per heavy atom. The Hall–Kier alpha value is -2.43. The third-order valence-corrected chi connectivity index (χ3v) is 2.82. The maximum absolute atomic E-state index is 11.9. The lowest BCUT2D eigenvalue weighted by Crippen LogP contribution is -2.24. The van der Waals surface area contributed by atoms with E-state index in [0.29, 0.717) is 12.2 Å². The van der Waals surface area contributed by atoms with Crippen molar-refractivity contribution in [2.24, 2.45) is 0 Å². The number of hydrogen-bond acceptors (Lipinski definition) is 4. The number of anilines is 1. The number of nitrogens with zero attached hydrogens (tertiary/aromatic N) is 2. The fourth-order valence-corrected chi connectivity index (χ4v) is 1.63. The molecule has 0 aliphatic rings. The quantitative estimate of drug-likeness (QED) is 0.874. The van der Waals surface area contributed by atoms with Gasteiger partial charge in [0.1, 0.15) is 5.69 Å². The third-order valence-electron chi connectivity index (χ3n) is 2.82. The molecule has 0 aliphatic heterocycles. The summed E-state index contributed by atoms with van der Waals surface area (Å²) in [5, 5.41) is 5.76. The number of amides is 1. The molecule has 0 spiro atoms. The highest BCUT2D eigenvalue weighted by molar-refractivity contribution is 5.92. The maximum atomic E-state index is 11.9. The van der Waals surface area contributed by atoms with Gasteiger partial charge in [-0.1, -0.05) is 6.07 Å². The molecule has 2 aromatic rings. The topological polar surface area (TPSA) is 66.9 Å². The van der Waals surface area contributed by atoms with Crippen LogP contribution in [0.5, 0.6) is 0 Å². The van der Waals surface area contributed by atoms with Crippen LogP contribution in [-0.4, -0.2) is 22.9 Å². The smallest absolute Gasteiger partial charge is 0.270 e. The van der Waals surface area contributed by atoms with Gasteiger partial charge in [-0.05, 0) is 30.7 Å². The minimum Gasteiger partial charge on any atom is -0.387 e. The Morgan fingerprint density at radius 3 is 2.74 bits per heavy atom. The molecular weight excluding hydrogens is 240 g/mol. The summed E-state index contributed by atoms with van der Waals surface area (Å²) < 4.78 is 0. The van der Waals surface area contributed by atoms with Crippen LogP contribution in [-0.2, 0) is 6.54 Å². The lowest BCUT2D eigenvalue weighted by molar-refractivity contribution is 0.0945. The van der Waals surface area contributed by atoms with Crippen LogP contribution in [0.2, 0.25) is 0 Å². The van der Waals surface area contributed by atoms with Crippen LogP contribution in [0.1, 0.15) is 21.7 Å². The number of aromatic nitrogens is 2. The molecule has 0 fully saturated rings. The van der Waals surface area contributed by atoms with Crippen molar-refractivity contribution < 1.29 is 4.79 Å². The second kappa shape index (κ2) is 5.95. The average molecular weight is 256 g/mol. The minimum absolute atomic E-state index is 0.201. The molecule has 0 unspecified atom stereocenters. The zero-order chi connectivity index (χ0) is 13.7.